The van der Waals surface area contributed by atoms with Gasteiger partial charge in [0, 0.05) is 24.8 Å². The summed E-state index contributed by atoms with van der Waals surface area (Å²) in [6.07, 6.45) is 1.89. The summed E-state index contributed by atoms with van der Waals surface area (Å²) in [7, 11) is 1.70. The van der Waals surface area contributed by atoms with Crippen LogP contribution >= 0.6 is 0 Å². The summed E-state index contributed by atoms with van der Waals surface area (Å²) in [4.78, 5) is 0. The highest BCUT2D eigenvalue weighted by atomic mass is 16.5. The van der Waals surface area contributed by atoms with Crippen LogP contribution in [-0.2, 0) is 4.74 Å². The average molecular weight is 251 g/mol. The first-order valence-corrected chi connectivity index (χ1v) is 6.58. The quantitative estimate of drug-likeness (QED) is 0.757. The molecule has 0 saturated heterocycles. The van der Waals surface area contributed by atoms with E-state index < -0.39 is 0 Å². The summed E-state index contributed by atoms with van der Waals surface area (Å²) in [6, 6.07) is 4.21. The lowest BCUT2D eigenvalue weighted by molar-refractivity contribution is 0.142. The van der Waals surface area contributed by atoms with Crippen molar-refractivity contribution in [3.8, 4) is 5.75 Å². The zero-order chi connectivity index (χ0) is 13.5. The van der Waals surface area contributed by atoms with E-state index in [0.29, 0.717) is 0 Å². The normalized spacial score (nSPS) is 12.5. The van der Waals surface area contributed by atoms with Gasteiger partial charge >= 0.3 is 0 Å². The molecule has 0 spiro atoms. The fourth-order valence-corrected chi connectivity index (χ4v) is 2.28. The number of methoxy groups -OCH3 is 1. The zero-order valence-electron chi connectivity index (χ0n) is 12.0. The molecule has 0 amide bonds. The van der Waals surface area contributed by atoms with Gasteiger partial charge in [0.2, 0.25) is 0 Å². The first-order valence-electron chi connectivity index (χ1n) is 6.58. The SMILES string of the molecule is CCOCCCC(N)c1c(C)cc(C)cc1OC. The summed E-state index contributed by atoms with van der Waals surface area (Å²) in [5, 5.41) is 0. The first kappa shape index (κ1) is 15.0. The summed E-state index contributed by atoms with van der Waals surface area (Å²) >= 11 is 0. The van der Waals surface area contributed by atoms with Crippen LogP contribution in [-0.4, -0.2) is 20.3 Å². The largest absolute Gasteiger partial charge is 0.496 e. The lowest BCUT2D eigenvalue weighted by atomic mass is 9.95. The van der Waals surface area contributed by atoms with Crippen molar-refractivity contribution in [2.24, 2.45) is 5.73 Å². The van der Waals surface area contributed by atoms with E-state index >= 15 is 0 Å². The molecule has 3 nitrogen and oxygen atoms in total. The van der Waals surface area contributed by atoms with Crippen LogP contribution in [0.2, 0.25) is 0 Å². The van der Waals surface area contributed by atoms with Gasteiger partial charge in [0.25, 0.3) is 0 Å². The van der Waals surface area contributed by atoms with E-state index in [9.17, 15) is 0 Å². The van der Waals surface area contributed by atoms with Gasteiger partial charge in [-0.05, 0) is 50.8 Å². The minimum absolute atomic E-state index is 0.0148. The highest BCUT2D eigenvalue weighted by Crippen LogP contribution is 2.30. The van der Waals surface area contributed by atoms with E-state index in [4.69, 9.17) is 15.2 Å². The molecule has 1 unspecified atom stereocenters. The second-order valence-corrected chi connectivity index (χ2v) is 4.64. The van der Waals surface area contributed by atoms with Crippen molar-refractivity contribution >= 4 is 0 Å². The molecule has 2 N–H and O–H groups in total. The molecule has 102 valence electrons. The fourth-order valence-electron chi connectivity index (χ4n) is 2.28. The van der Waals surface area contributed by atoms with E-state index in [2.05, 4.69) is 19.9 Å². The second kappa shape index (κ2) is 7.39. The van der Waals surface area contributed by atoms with Crippen LogP contribution in [0.4, 0.5) is 0 Å². The molecule has 0 aliphatic heterocycles. The van der Waals surface area contributed by atoms with E-state index in [-0.39, 0.29) is 6.04 Å². The third-order valence-electron chi connectivity index (χ3n) is 3.09. The van der Waals surface area contributed by atoms with Crippen LogP contribution < -0.4 is 10.5 Å². The van der Waals surface area contributed by atoms with Crippen molar-refractivity contribution < 1.29 is 9.47 Å². The van der Waals surface area contributed by atoms with Crippen LogP contribution in [0.5, 0.6) is 5.75 Å². The van der Waals surface area contributed by atoms with Crippen LogP contribution in [0.15, 0.2) is 12.1 Å². The van der Waals surface area contributed by atoms with Crippen LogP contribution in [0.25, 0.3) is 0 Å². The Morgan fingerprint density at radius 2 is 2.00 bits per heavy atom. The van der Waals surface area contributed by atoms with Crippen molar-refractivity contribution in [1.82, 2.24) is 0 Å². The zero-order valence-corrected chi connectivity index (χ0v) is 12.0. The number of hydrogen-bond acceptors (Lipinski definition) is 3. The number of aryl methyl sites for hydroxylation is 2. The fraction of sp³-hybridized carbons (Fsp3) is 0.600. The van der Waals surface area contributed by atoms with Gasteiger partial charge in [0.15, 0.2) is 0 Å². The third kappa shape index (κ3) is 4.00. The summed E-state index contributed by atoms with van der Waals surface area (Å²) in [6.45, 7) is 7.71. The van der Waals surface area contributed by atoms with Crippen LogP contribution in [0.3, 0.4) is 0 Å². The van der Waals surface area contributed by atoms with Crippen molar-refractivity contribution in [1.29, 1.82) is 0 Å². The Bertz CT molecular complexity index is 377. The monoisotopic (exact) mass is 251 g/mol. The van der Waals surface area contributed by atoms with Gasteiger partial charge in [-0.2, -0.15) is 0 Å². The summed E-state index contributed by atoms with van der Waals surface area (Å²) in [5.74, 6) is 0.899. The Morgan fingerprint density at radius 1 is 1.28 bits per heavy atom. The van der Waals surface area contributed by atoms with Crippen molar-refractivity contribution in [2.75, 3.05) is 20.3 Å². The molecule has 1 aromatic rings. The highest BCUT2D eigenvalue weighted by molar-refractivity contribution is 5.44. The molecule has 1 rings (SSSR count). The minimum Gasteiger partial charge on any atom is -0.496 e. The standard InChI is InChI=1S/C15H25NO2/c1-5-18-8-6-7-13(16)15-12(3)9-11(2)10-14(15)17-4/h9-10,13H,5-8,16H2,1-4H3. The van der Waals surface area contributed by atoms with Crippen LogP contribution in [0, 0.1) is 13.8 Å². The lowest BCUT2D eigenvalue weighted by Crippen LogP contribution is -2.14. The van der Waals surface area contributed by atoms with Gasteiger partial charge in [0.1, 0.15) is 5.75 Å². The summed E-state index contributed by atoms with van der Waals surface area (Å²) < 4.78 is 10.8. The Hall–Kier alpha value is -1.06. The molecule has 0 bridgehead atoms. The molecule has 0 fully saturated rings. The van der Waals surface area contributed by atoms with Gasteiger partial charge < -0.3 is 15.2 Å². The summed E-state index contributed by atoms with van der Waals surface area (Å²) in [5.41, 5.74) is 9.80. The van der Waals surface area contributed by atoms with Crippen LogP contribution in [0.1, 0.15) is 42.5 Å². The molecule has 0 heterocycles. The van der Waals surface area contributed by atoms with E-state index in [1.807, 2.05) is 13.0 Å². The van der Waals surface area contributed by atoms with Gasteiger partial charge in [-0.15, -0.1) is 0 Å². The van der Waals surface area contributed by atoms with Crippen molar-refractivity contribution in [2.45, 2.75) is 39.7 Å². The molecule has 18 heavy (non-hydrogen) atoms. The number of hydrogen-bond donors (Lipinski definition) is 1. The van der Waals surface area contributed by atoms with E-state index in [0.717, 1.165) is 37.4 Å². The van der Waals surface area contributed by atoms with Gasteiger partial charge in [-0.1, -0.05) is 6.07 Å². The lowest BCUT2D eigenvalue weighted by Gasteiger charge is -2.19. The molecule has 0 aliphatic rings. The van der Waals surface area contributed by atoms with Gasteiger partial charge in [0.05, 0.1) is 7.11 Å². The molecule has 0 saturated carbocycles. The molecule has 0 aliphatic carbocycles. The topological polar surface area (TPSA) is 44.5 Å². The Balaban J connectivity index is 2.74. The number of rotatable bonds is 7. The predicted molar refractivity (Wildman–Crippen MR) is 75.1 cm³/mol. The average Bonchev–Trinajstić information content (AvgIpc) is 2.33. The van der Waals surface area contributed by atoms with Crippen molar-refractivity contribution in [3.63, 3.8) is 0 Å². The minimum atomic E-state index is 0.0148. The molecular formula is C15H25NO2. The molecule has 1 aromatic carbocycles. The van der Waals surface area contributed by atoms with Gasteiger partial charge in [-0.3, -0.25) is 0 Å². The number of benzene rings is 1. The Kier molecular flexibility index (Phi) is 6.16. The number of ether oxygens (including phenoxy) is 2. The second-order valence-electron chi connectivity index (χ2n) is 4.64. The molecule has 3 heteroatoms. The maximum absolute atomic E-state index is 6.27. The number of nitrogens with two attached hydrogens (primary N) is 1. The Labute approximate surface area is 110 Å². The molecular weight excluding hydrogens is 226 g/mol. The molecule has 1 atom stereocenters. The smallest absolute Gasteiger partial charge is 0.124 e. The Morgan fingerprint density at radius 3 is 2.61 bits per heavy atom. The maximum Gasteiger partial charge on any atom is 0.124 e. The highest BCUT2D eigenvalue weighted by Gasteiger charge is 2.15. The van der Waals surface area contributed by atoms with E-state index in [1.165, 1.54) is 11.1 Å². The van der Waals surface area contributed by atoms with Crippen molar-refractivity contribution in [3.05, 3.63) is 28.8 Å². The van der Waals surface area contributed by atoms with E-state index in [1.54, 1.807) is 7.11 Å². The molecule has 0 aromatic heterocycles. The molecule has 0 radical (unpaired) electrons. The van der Waals surface area contributed by atoms with Gasteiger partial charge in [-0.25, -0.2) is 0 Å². The predicted octanol–water partition coefficient (Wildman–Crippen LogP) is 3.13. The third-order valence-corrected chi connectivity index (χ3v) is 3.09. The maximum atomic E-state index is 6.27. The first-order chi connectivity index (χ1) is 8.60.